The van der Waals surface area contributed by atoms with Gasteiger partial charge in [-0.05, 0) is 38.5 Å². The second-order valence-electron chi connectivity index (χ2n) is 5.87. The van der Waals surface area contributed by atoms with E-state index in [1.165, 1.54) is 0 Å². The minimum Gasteiger partial charge on any atom is -0.482 e. The Kier molecular flexibility index (Phi) is 5.77. The molecule has 0 saturated heterocycles. The van der Waals surface area contributed by atoms with E-state index in [0.717, 1.165) is 11.1 Å². The summed E-state index contributed by atoms with van der Waals surface area (Å²) < 4.78 is 5.91. The molecule has 2 N–H and O–H groups in total. The number of aliphatic hydroxyl groups excluding tert-OH is 1. The first kappa shape index (κ1) is 17.0. The van der Waals surface area contributed by atoms with Crippen LogP contribution < -0.4 is 10.1 Å². The Labute approximate surface area is 137 Å². The molecule has 0 spiro atoms. The molecular weight excluding hydrogens is 290 g/mol. The van der Waals surface area contributed by atoms with Gasteiger partial charge in [-0.25, -0.2) is 0 Å². The quantitative estimate of drug-likeness (QED) is 0.862. The Balaban J connectivity index is 2.25. The van der Waals surface area contributed by atoms with E-state index in [9.17, 15) is 9.90 Å². The fourth-order valence-electron chi connectivity index (χ4n) is 2.23. The maximum Gasteiger partial charge on any atom is 0.253 e. The fraction of sp³-hybridized carbons (Fsp3) is 0.316. The summed E-state index contributed by atoms with van der Waals surface area (Å²) in [5.41, 5.74) is 1.87. The number of aryl methyl sites for hydroxylation is 1. The van der Waals surface area contributed by atoms with Crippen LogP contribution >= 0.6 is 0 Å². The zero-order valence-corrected chi connectivity index (χ0v) is 13.7. The second-order valence-corrected chi connectivity index (χ2v) is 5.87. The summed E-state index contributed by atoms with van der Waals surface area (Å²) in [6.07, 6.45) is -2.06. The predicted octanol–water partition coefficient (Wildman–Crippen LogP) is 3.00. The van der Waals surface area contributed by atoms with E-state index in [1.807, 2.05) is 75.4 Å². The zero-order valence-electron chi connectivity index (χ0n) is 13.7. The van der Waals surface area contributed by atoms with Gasteiger partial charge in [0.15, 0.2) is 12.2 Å². The van der Waals surface area contributed by atoms with E-state index in [1.54, 1.807) is 0 Å². The first-order chi connectivity index (χ1) is 11.0. The van der Waals surface area contributed by atoms with Gasteiger partial charge in [0.25, 0.3) is 5.91 Å². The number of aliphatic hydroxyl groups is 1. The highest BCUT2D eigenvalue weighted by atomic mass is 16.5. The molecular formula is C19H23NO3. The third kappa shape index (κ3) is 4.83. The highest BCUT2D eigenvalue weighted by Gasteiger charge is 2.29. The van der Waals surface area contributed by atoms with Crippen LogP contribution in [0.3, 0.4) is 0 Å². The molecule has 0 fully saturated rings. The minimum atomic E-state index is -1.29. The summed E-state index contributed by atoms with van der Waals surface area (Å²) in [5, 5.41) is 13.2. The van der Waals surface area contributed by atoms with E-state index >= 15 is 0 Å². The topological polar surface area (TPSA) is 58.6 Å². The molecule has 0 saturated carbocycles. The van der Waals surface area contributed by atoms with Crippen molar-refractivity contribution in [2.75, 3.05) is 0 Å². The molecule has 0 radical (unpaired) electrons. The normalized spacial score (nSPS) is 13.4. The molecule has 0 bridgehead atoms. The Hall–Kier alpha value is -2.33. The van der Waals surface area contributed by atoms with Gasteiger partial charge in [0.05, 0.1) is 0 Å². The van der Waals surface area contributed by atoms with Crippen molar-refractivity contribution in [2.45, 2.75) is 39.0 Å². The van der Waals surface area contributed by atoms with Crippen molar-refractivity contribution in [3.05, 3.63) is 65.7 Å². The van der Waals surface area contributed by atoms with Crippen molar-refractivity contribution >= 4 is 5.91 Å². The lowest BCUT2D eigenvalue weighted by atomic mass is 10.0. The van der Waals surface area contributed by atoms with Crippen LogP contribution in [0.5, 0.6) is 5.75 Å². The van der Waals surface area contributed by atoms with E-state index in [4.69, 9.17) is 4.74 Å². The van der Waals surface area contributed by atoms with Gasteiger partial charge in [0.1, 0.15) is 5.75 Å². The molecule has 2 unspecified atom stereocenters. The van der Waals surface area contributed by atoms with Gasteiger partial charge in [-0.3, -0.25) is 4.79 Å². The molecule has 1 amide bonds. The van der Waals surface area contributed by atoms with Crippen LogP contribution in [0, 0.1) is 6.92 Å². The number of carbonyl (C=O) groups excluding carboxylic acids is 1. The van der Waals surface area contributed by atoms with Gasteiger partial charge in [-0.15, -0.1) is 0 Å². The summed E-state index contributed by atoms with van der Waals surface area (Å²) in [6, 6.07) is 16.7. The van der Waals surface area contributed by atoms with Crippen molar-refractivity contribution in [1.82, 2.24) is 5.32 Å². The molecule has 122 valence electrons. The lowest BCUT2D eigenvalue weighted by molar-refractivity contribution is -0.134. The maximum atomic E-state index is 12.2. The monoisotopic (exact) mass is 313 g/mol. The number of ether oxygens (including phenoxy) is 1. The molecule has 23 heavy (non-hydrogen) atoms. The summed E-state index contributed by atoms with van der Waals surface area (Å²) in [4.78, 5) is 12.2. The summed E-state index contributed by atoms with van der Waals surface area (Å²) in [5.74, 6) is 0.168. The van der Waals surface area contributed by atoms with Crippen LogP contribution in [-0.4, -0.2) is 23.2 Å². The highest BCUT2D eigenvalue weighted by molar-refractivity contribution is 5.81. The SMILES string of the molecule is Cc1ccc(OC(c2ccccc2)C(O)C(=O)NC(C)C)cc1. The average molecular weight is 313 g/mol. The number of amides is 1. The van der Waals surface area contributed by atoms with Crippen LogP contribution in [0.15, 0.2) is 54.6 Å². The number of hydrogen-bond acceptors (Lipinski definition) is 3. The van der Waals surface area contributed by atoms with Crippen molar-refractivity contribution in [1.29, 1.82) is 0 Å². The molecule has 4 nitrogen and oxygen atoms in total. The lowest BCUT2D eigenvalue weighted by Gasteiger charge is -2.25. The first-order valence-electron chi connectivity index (χ1n) is 7.74. The average Bonchev–Trinajstić information content (AvgIpc) is 2.54. The largest absolute Gasteiger partial charge is 0.482 e. The summed E-state index contributed by atoms with van der Waals surface area (Å²) in [6.45, 7) is 5.69. The van der Waals surface area contributed by atoms with E-state index < -0.39 is 18.1 Å². The van der Waals surface area contributed by atoms with Crippen LogP contribution in [-0.2, 0) is 4.79 Å². The molecule has 0 aliphatic rings. The predicted molar refractivity (Wildman–Crippen MR) is 90.3 cm³/mol. The molecule has 2 aromatic rings. The molecule has 2 aromatic carbocycles. The van der Waals surface area contributed by atoms with E-state index in [-0.39, 0.29) is 6.04 Å². The van der Waals surface area contributed by atoms with Gasteiger partial charge in [-0.1, -0.05) is 48.0 Å². The van der Waals surface area contributed by atoms with Crippen molar-refractivity contribution in [3.8, 4) is 5.75 Å². The third-order valence-electron chi connectivity index (χ3n) is 3.40. The van der Waals surface area contributed by atoms with Gasteiger partial charge in [0.2, 0.25) is 0 Å². The standard InChI is InChI=1S/C19H23NO3/c1-13(2)20-19(22)17(21)18(15-7-5-4-6-8-15)23-16-11-9-14(3)10-12-16/h4-13,17-18,21H,1-3H3,(H,20,22). The van der Waals surface area contributed by atoms with Crippen molar-refractivity contribution < 1.29 is 14.6 Å². The maximum absolute atomic E-state index is 12.2. The first-order valence-corrected chi connectivity index (χ1v) is 7.74. The number of carbonyl (C=O) groups is 1. The number of rotatable bonds is 6. The molecule has 0 aliphatic heterocycles. The second kappa shape index (κ2) is 7.79. The summed E-state index contributed by atoms with van der Waals surface area (Å²) >= 11 is 0. The molecule has 0 heterocycles. The van der Waals surface area contributed by atoms with E-state index in [2.05, 4.69) is 5.32 Å². The Bertz CT molecular complexity index is 623. The minimum absolute atomic E-state index is 0.0482. The van der Waals surface area contributed by atoms with Crippen LogP contribution in [0.4, 0.5) is 0 Å². The smallest absolute Gasteiger partial charge is 0.253 e. The Morgan fingerprint density at radius 3 is 2.22 bits per heavy atom. The number of hydrogen-bond donors (Lipinski definition) is 2. The molecule has 4 heteroatoms. The van der Waals surface area contributed by atoms with Crippen molar-refractivity contribution in [3.63, 3.8) is 0 Å². The molecule has 0 aromatic heterocycles. The summed E-state index contributed by atoms with van der Waals surface area (Å²) in [7, 11) is 0. The lowest BCUT2D eigenvalue weighted by Crippen LogP contribution is -2.43. The van der Waals surface area contributed by atoms with Gasteiger partial charge >= 0.3 is 0 Å². The molecule has 2 atom stereocenters. The third-order valence-corrected chi connectivity index (χ3v) is 3.40. The zero-order chi connectivity index (χ0) is 16.8. The highest BCUT2D eigenvalue weighted by Crippen LogP contribution is 2.25. The van der Waals surface area contributed by atoms with Crippen LogP contribution in [0.1, 0.15) is 31.1 Å². The Morgan fingerprint density at radius 1 is 1.04 bits per heavy atom. The number of benzene rings is 2. The van der Waals surface area contributed by atoms with Crippen molar-refractivity contribution in [2.24, 2.45) is 0 Å². The Morgan fingerprint density at radius 2 is 1.65 bits per heavy atom. The van der Waals surface area contributed by atoms with Gasteiger partial charge < -0.3 is 15.2 Å². The molecule has 0 aliphatic carbocycles. The van der Waals surface area contributed by atoms with Crippen LogP contribution in [0.2, 0.25) is 0 Å². The van der Waals surface area contributed by atoms with Gasteiger partial charge in [0, 0.05) is 6.04 Å². The molecule has 2 rings (SSSR count). The van der Waals surface area contributed by atoms with Crippen LogP contribution in [0.25, 0.3) is 0 Å². The number of nitrogens with one attached hydrogen (secondary N) is 1. The fourth-order valence-corrected chi connectivity index (χ4v) is 2.23. The van der Waals surface area contributed by atoms with E-state index in [0.29, 0.717) is 5.75 Å². The van der Waals surface area contributed by atoms with Gasteiger partial charge in [-0.2, -0.15) is 0 Å².